The fraction of sp³-hybridized carbons (Fsp3) is 0. The molecule has 0 saturated carbocycles. The van der Waals surface area contributed by atoms with Crippen LogP contribution in [0.1, 0.15) is 0 Å². The van der Waals surface area contributed by atoms with E-state index >= 15 is 0 Å². The molecule has 4 nitrogen and oxygen atoms in total. The first-order valence-corrected chi connectivity index (χ1v) is 8.51. The zero-order valence-corrected chi connectivity index (χ0v) is 12.5. The Morgan fingerprint density at radius 3 is 1.31 bits per heavy atom. The summed E-state index contributed by atoms with van der Waals surface area (Å²) in [7, 11) is 4.75. The van der Waals surface area contributed by atoms with E-state index in [1.807, 2.05) is 0 Å². The summed E-state index contributed by atoms with van der Waals surface area (Å²) in [4.78, 5) is 25.4. The van der Waals surface area contributed by atoms with Gasteiger partial charge in [0.1, 0.15) is 0 Å². The molecule has 0 unspecified atom stereocenters. The summed E-state index contributed by atoms with van der Waals surface area (Å²) in [6.45, 7) is 0. The maximum absolute atomic E-state index is 10.2. The van der Waals surface area contributed by atoms with Crippen molar-refractivity contribution in [2.45, 2.75) is 0 Å². The number of rotatable bonds is 0. The summed E-state index contributed by atoms with van der Waals surface area (Å²) >= 11 is 0.917. The predicted octanol–water partition coefficient (Wildman–Crippen LogP) is 1.06. The molecule has 0 aliphatic rings. The number of pyridine rings is 2. The molecular weight excluding hydrogens is 425 g/mol. The first kappa shape index (κ1) is 15.1. The van der Waals surface area contributed by atoms with Gasteiger partial charge in [0.25, 0.3) is 0 Å². The van der Waals surface area contributed by atoms with Crippen LogP contribution in [0.5, 0.6) is 0 Å². The van der Waals surface area contributed by atoms with Crippen LogP contribution in [0.3, 0.4) is 0 Å². The van der Waals surface area contributed by atoms with Crippen molar-refractivity contribution >= 4 is 32.0 Å². The Morgan fingerprint density at radius 2 is 1.19 bits per heavy atom. The monoisotopic (exact) mass is 434 g/mol. The Labute approximate surface area is 111 Å². The number of hydrogen-bond donors (Lipinski definition) is 2. The van der Waals surface area contributed by atoms with Gasteiger partial charge in [-0.15, -0.1) is 0 Å². The molecule has 0 atom stereocenters. The van der Waals surface area contributed by atoms with Gasteiger partial charge in [-0.05, 0) is 12.1 Å². The third-order valence-electron chi connectivity index (χ3n) is 1.36. The van der Waals surface area contributed by atoms with Crippen molar-refractivity contribution in [3.63, 3.8) is 0 Å². The standard InChI is InChI=1S/2C5H5NO.Bi.ClH/c2*7-5-3-1-2-4-6-5;;/h2*1-4H,(H,6,7);;1H/q;;+1;/p-1. The van der Waals surface area contributed by atoms with E-state index in [0.29, 0.717) is 0 Å². The van der Waals surface area contributed by atoms with Crippen molar-refractivity contribution in [2.24, 2.45) is 0 Å². The molecule has 0 fully saturated rings. The van der Waals surface area contributed by atoms with E-state index < -0.39 is 0 Å². The Balaban J connectivity index is 0.000000244. The average molecular weight is 435 g/mol. The maximum atomic E-state index is 10.2. The van der Waals surface area contributed by atoms with Crippen LogP contribution in [0.2, 0.25) is 0 Å². The second kappa shape index (κ2) is 10.6. The van der Waals surface area contributed by atoms with Gasteiger partial charge in [-0.25, -0.2) is 0 Å². The number of H-pyrrole nitrogens is 2. The van der Waals surface area contributed by atoms with Crippen molar-refractivity contribution < 1.29 is 0 Å². The molecule has 2 aromatic rings. The van der Waals surface area contributed by atoms with Gasteiger partial charge in [-0.1, -0.05) is 12.1 Å². The van der Waals surface area contributed by atoms with E-state index in [9.17, 15) is 9.59 Å². The topological polar surface area (TPSA) is 65.7 Å². The molecule has 84 valence electrons. The molecule has 6 heteroatoms. The molecule has 0 aliphatic carbocycles. The van der Waals surface area contributed by atoms with Gasteiger partial charge >= 0.3 is 32.0 Å². The Hall–Kier alpha value is -0.927. The number of nitrogens with one attached hydrogen (secondary N) is 2. The Kier molecular flexibility index (Phi) is 9.97. The SMILES string of the molecule is O=c1cccc[nH]1.O=c1cccc[nH]1.[Cl][Bi]. The van der Waals surface area contributed by atoms with E-state index in [1.54, 1.807) is 36.7 Å². The first-order valence-electron chi connectivity index (χ1n) is 4.23. The molecule has 0 bridgehead atoms. The number of aromatic nitrogens is 2. The number of hydrogen-bond acceptors (Lipinski definition) is 2. The van der Waals surface area contributed by atoms with Crippen LogP contribution in [-0.2, 0) is 0 Å². The van der Waals surface area contributed by atoms with Crippen molar-refractivity contribution in [1.29, 1.82) is 0 Å². The fourth-order valence-corrected chi connectivity index (χ4v) is 0.754. The second-order valence-electron chi connectivity index (χ2n) is 2.45. The zero-order valence-electron chi connectivity index (χ0n) is 8.26. The molecule has 16 heavy (non-hydrogen) atoms. The zero-order chi connectivity index (χ0) is 12.2. The molecule has 2 rings (SSSR count). The molecule has 0 amide bonds. The third-order valence-corrected chi connectivity index (χ3v) is 1.36. The van der Waals surface area contributed by atoms with Crippen molar-refractivity contribution in [3.05, 3.63) is 69.5 Å². The summed E-state index contributed by atoms with van der Waals surface area (Å²) in [6.07, 6.45) is 3.20. The van der Waals surface area contributed by atoms with E-state index in [4.69, 9.17) is 8.51 Å². The normalized spacial score (nSPS) is 7.88. The van der Waals surface area contributed by atoms with Crippen molar-refractivity contribution in [1.82, 2.24) is 9.97 Å². The fourth-order valence-electron chi connectivity index (χ4n) is 0.754. The van der Waals surface area contributed by atoms with E-state index in [-0.39, 0.29) is 11.1 Å². The van der Waals surface area contributed by atoms with Crippen LogP contribution >= 0.6 is 8.51 Å². The molecule has 0 aliphatic heterocycles. The van der Waals surface area contributed by atoms with Crippen LogP contribution in [0.4, 0.5) is 0 Å². The Bertz CT molecular complexity index is 404. The van der Waals surface area contributed by atoms with Crippen molar-refractivity contribution in [2.75, 3.05) is 0 Å². The second-order valence-corrected chi connectivity index (χ2v) is 2.45. The number of halogens is 1. The molecule has 0 spiro atoms. The van der Waals surface area contributed by atoms with E-state index in [0.717, 1.165) is 23.5 Å². The minimum absolute atomic E-state index is 0.0532. The predicted molar refractivity (Wildman–Crippen MR) is 65.7 cm³/mol. The van der Waals surface area contributed by atoms with Gasteiger partial charge in [0.2, 0.25) is 11.1 Å². The molecule has 0 saturated heterocycles. The average Bonchev–Trinajstić information content (AvgIpc) is 2.34. The minimum atomic E-state index is -0.0532. The number of aromatic amines is 2. The van der Waals surface area contributed by atoms with Crippen LogP contribution in [0.25, 0.3) is 0 Å². The van der Waals surface area contributed by atoms with Gasteiger partial charge in [-0.3, -0.25) is 9.59 Å². The van der Waals surface area contributed by atoms with Gasteiger partial charge in [0.15, 0.2) is 0 Å². The summed E-state index contributed by atoms with van der Waals surface area (Å²) in [5.74, 6) is 0. The van der Waals surface area contributed by atoms with Crippen LogP contribution in [0.15, 0.2) is 58.4 Å². The quantitative estimate of drug-likeness (QED) is 0.609. The van der Waals surface area contributed by atoms with Gasteiger partial charge in [0.05, 0.1) is 0 Å². The summed E-state index contributed by atoms with van der Waals surface area (Å²) < 4.78 is 0. The molecular formula is C10H10BiClN2O2. The molecule has 2 heterocycles. The summed E-state index contributed by atoms with van der Waals surface area (Å²) in [6, 6.07) is 9.86. The van der Waals surface area contributed by atoms with Crippen LogP contribution in [-0.4, -0.2) is 33.5 Å². The van der Waals surface area contributed by atoms with Gasteiger partial charge in [-0.2, -0.15) is 0 Å². The molecule has 2 aromatic heterocycles. The van der Waals surface area contributed by atoms with Crippen molar-refractivity contribution in [3.8, 4) is 0 Å². The summed E-state index contributed by atoms with van der Waals surface area (Å²) in [5, 5.41) is 0. The Morgan fingerprint density at radius 1 is 0.812 bits per heavy atom. The van der Waals surface area contributed by atoms with Crippen LogP contribution in [0, 0.1) is 0 Å². The van der Waals surface area contributed by atoms with Crippen LogP contribution < -0.4 is 11.1 Å². The molecule has 0 aromatic carbocycles. The van der Waals surface area contributed by atoms with Gasteiger partial charge in [0, 0.05) is 24.5 Å². The molecule has 2 radical (unpaired) electrons. The third kappa shape index (κ3) is 8.39. The van der Waals surface area contributed by atoms with E-state index in [2.05, 4.69) is 9.97 Å². The first-order chi connectivity index (χ1) is 7.79. The van der Waals surface area contributed by atoms with E-state index in [1.165, 1.54) is 12.1 Å². The molecule has 2 N–H and O–H groups in total. The summed E-state index contributed by atoms with van der Waals surface area (Å²) in [5.41, 5.74) is -0.106. The van der Waals surface area contributed by atoms with Gasteiger partial charge < -0.3 is 9.97 Å².